The molecule has 3 aliphatic heterocycles. The molecule has 0 amide bonds. The molecule has 3 aliphatic rings. The lowest BCUT2D eigenvalue weighted by Gasteiger charge is -2.30. The zero-order valence-corrected chi connectivity index (χ0v) is 24.1. The summed E-state index contributed by atoms with van der Waals surface area (Å²) in [6.45, 7) is 15.3. The highest BCUT2D eigenvalue weighted by molar-refractivity contribution is 6.34. The highest BCUT2D eigenvalue weighted by Crippen LogP contribution is 2.44. The first kappa shape index (κ1) is 29.6. The monoisotopic (exact) mass is 565 g/mol. The summed E-state index contributed by atoms with van der Waals surface area (Å²) in [7, 11) is 0. The first-order chi connectivity index (χ1) is 18.7. The lowest BCUT2D eigenvalue weighted by atomic mass is 9.90. The number of hydrogen-bond acceptors (Lipinski definition) is 6. The van der Waals surface area contributed by atoms with Gasteiger partial charge in [-0.15, -0.1) is 0 Å². The van der Waals surface area contributed by atoms with Crippen LogP contribution in [0.2, 0.25) is 5.02 Å². The molecule has 214 valence electrons. The van der Waals surface area contributed by atoms with Gasteiger partial charge in [-0.05, 0) is 57.2 Å². The molecule has 0 bridgehead atoms. The molecule has 2 saturated heterocycles. The van der Waals surface area contributed by atoms with Crippen molar-refractivity contribution in [3.63, 3.8) is 0 Å². The Bertz CT molecular complexity index is 1270. The molecule has 0 spiro atoms. The van der Waals surface area contributed by atoms with Gasteiger partial charge in [0.2, 0.25) is 0 Å². The largest absolute Gasteiger partial charge is 0.461 e. The summed E-state index contributed by atoms with van der Waals surface area (Å²) >= 11 is 6.71. The highest BCUT2D eigenvalue weighted by atomic mass is 35.5. The van der Waals surface area contributed by atoms with E-state index in [2.05, 4.69) is 39.0 Å². The lowest BCUT2D eigenvalue weighted by molar-refractivity contribution is 0.108. The molecule has 2 fully saturated rings. The SMILES string of the molecule is C=C1C[C@@H](CC)CNCCNc2nc(OCC34CCCN3CC(=C(F)F)C4)nc3c(F)c(C)c(Cl)c1c23.CC. The second-order valence-electron chi connectivity index (χ2n) is 10.5. The number of nitrogens with one attached hydrogen (secondary N) is 2. The van der Waals surface area contributed by atoms with Gasteiger partial charge < -0.3 is 15.4 Å². The van der Waals surface area contributed by atoms with Crippen molar-refractivity contribution in [2.45, 2.75) is 65.3 Å². The first-order valence-electron chi connectivity index (χ1n) is 14.0. The molecule has 1 aromatic heterocycles. The van der Waals surface area contributed by atoms with Crippen molar-refractivity contribution in [2.75, 3.05) is 44.6 Å². The summed E-state index contributed by atoms with van der Waals surface area (Å²) in [5.74, 6) is 0.261. The average molecular weight is 566 g/mol. The van der Waals surface area contributed by atoms with E-state index in [4.69, 9.17) is 16.3 Å². The molecule has 0 saturated carbocycles. The summed E-state index contributed by atoms with van der Waals surface area (Å²) in [6, 6.07) is 0.0147. The zero-order chi connectivity index (χ0) is 28.3. The van der Waals surface area contributed by atoms with Crippen LogP contribution in [0.15, 0.2) is 18.2 Å². The quantitative estimate of drug-likeness (QED) is 0.417. The van der Waals surface area contributed by atoms with Crippen LogP contribution in [0, 0.1) is 18.7 Å². The van der Waals surface area contributed by atoms with Crippen molar-refractivity contribution >= 4 is 33.9 Å². The van der Waals surface area contributed by atoms with E-state index in [1.54, 1.807) is 6.92 Å². The maximum absolute atomic E-state index is 15.6. The van der Waals surface area contributed by atoms with Gasteiger partial charge in [-0.3, -0.25) is 4.90 Å². The van der Waals surface area contributed by atoms with Gasteiger partial charge in [0.1, 0.15) is 17.9 Å². The molecule has 2 N–H and O–H groups in total. The molecule has 0 aliphatic carbocycles. The smallest absolute Gasteiger partial charge is 0.319 e. The van der Waals surface area contributed by atoms with Gasteiger partial charge in [-0.1, -0.05) is 45.4 Å². The molecule has 1 aromatic carbocycles. The Balaban J connectivity index is 0.00000172. The van der Waals surface area contributed by atoms with E-state index < -0.39 is 17.4 Å². The summed E-state index contributed by atoms with van der Waals surface area (Å²) in [5, 5.41) is 7.58. The van der Waals surface area contributed by atoms with Gasteiger partial charge in [-0.2, -0.15) is 18.7 Å². The van der Waals surface area contributed by atoms with Crippen molar-refractivity contribution < 1.29 is 17.9 Å². The summed E-state index contributed by atoms with van der Waals surface area (Å²) in [5.41, 5.74) is 1.53. The molecule has 10 heteroatoms. The van der Waals surface area contributed by atoms with E-state index in [1.165, 1.54) is 0 Å². The predicted octanol–water partition coefficient (Wildman–Crippen LogP) is 6.97. The Labute approximate surface area is 234 Å². The lowest BCUT2D eigenvalue weighted by Crippen LogP contribution is -2.43. The number of ether oxygens (including phenoxy) is 1. The molecule has 2 atom stereocenters. The topological polar surface area (TPSA) is 62.3 Å². The van der Waals surface area contributed by atoms with E-state index >= 15 is 4.39 Å². The van der Waals surface area contributed by atoms with Gasteiger partial charge in [-0.25, -0.2) is 4.39 Å². The number of anilines is 1. The minimum absolute atomic E-state index is 0.0147. The van der Waals surface area contributed by atoms with Gasteiger partial charge in [0.05, 0.1) is 15.9 Å². The third kappa shape index (κ3) is 5.77. The van der Waals surface area contributed by atoms with Crippen LogP contribution >= 0.6 is 11.6 Å². The maximum atomic E-state index is 15.6. The van der Waals surface area contributed by atoms with E-state index in [1.807, 2.05) is 13.8 Å². The standard InChI is InChI=1S/C27H33ClF3N5O.C2H6/c1-4-17-10-15(2)19-20-23(22(29)16(3)21(19)28)34-26(35-25(20)33-8-7-32-12-17)37-14-27-6-5-9-36(27)13-18(11-27)24(30)31;1-2/h17,32H,2,4-14H2,1,3H3,(H,33,34,35);1-2H3/t17-,27?;/m1./s1. The Morgan fingerprint density at radius 1 is 1.26 bits per heavy atom. The van der Waals surface area contributed by atoms with Gasteiger partial charge in [0, 0.05) is 36.3 Å². The van der Waals surface area contributed by atoms with Gasteiger partial charge >= 0.3 is 6.01 Å². The molecule has 0 radical (unpaired) electrons. The fraction of sp³-hybridized carbons (Fsp3) is 0.586. The zero-order valence-electron chi connectivity index (χ0n) is 23.3. The van der Waals surface area contributed by atoms with E-state index in [0.29, 0.717) is 52.8 Å². The number of nitrogens with zero attached hydrogens (tertiary/aromatic N) is 3. The van der Waals surface area contributed by atoms with Crippen molar-refractivity contribution in [3.05, 3.63) is 40.2 Å². The Hall–Kier alpha value is -2.36. The predicted molar refractivity (Wildman–Crippen MR) is 152 cm³/mol. The van der Waals surface area contributed by atoms with Crippen molar-refractivity contribution in [1.29, 1.82) is 0 Å². The normalized spacial score (nSPS) is 23.5. The number of benzene rings is 1. The molecular weight excluding hydrogens is 527 g/mol. The number of halogens is 4. The minimum atomic E-state index is -1.61. The number of fused-ring (bicyclic) bond motifs is 1. The summed E-state index contributed by atoms with van der Waals surface area (Å²) < 4.78 is 48.4. The van der Waals surface area contributed by atoms with Crippen molar-refractivity contribution in [2.24, 2.45) is 5.92 Å². The second kappa shape index (κ2) is 12.4. The van der Waals surface area contributed by atoms with Crippen LogP contribution in [0.1, 0.15) is 64.0 Å². The third-order valence-electron chi connectivity index (χ3n) is 8.12. The minimum Gasteiger partial charge on any atom is -0.461 e. The molecule has 39 heavy (non-hydrogen) atoms. The van der Waals surface area contributed by atoms with Crippen LogP contribution in [0.25, 0.3) is 16.5 Å². The molecule has 6 nitrogen and oxygen atoms in total. The fourth-order valence-corrected chi connectivity index (χ4v) is 6.29. The average Bonchev–Trinajstić information content (AvgIpc) is 3.48. The van der Waals surface area contributed by atoms with Crippen LogP contribution in [0.3, 0.4) is 0 Å². The van der Waals surface area contributed by atoms with E-state index in [-0.39, 0.29) is 36.7 Å². The summed E-state index contributed by atoms with van der Waals surface area (Å²) in [6.07, 6.45) is 1.99. The van der Waals surface area contributed by atoms with Gasteiger partial charge in [0.25, 0.3) is 6.08 Å². The Morgan fingerprint density at radius 2 is 2.03 bits per heavy atom. The van der Waals surface area contributed by atoms with Crippen LogP contribution in [0.5, 0.6) is 6.01 Å². The van der Waals surface area contributed by atoms with Crippen LogP contribution < -0.4 is 15.4 Å². The highest BCUT2D eigenvalue weighted by Gasteiger charge is 2.48. The number of aromatic nitrogens is 2. The summed E-state index contributed by atoms with van der Waals surface area (Å²) in [4.78, 5) is 11.2. The first-order valence-corrected chi connectivity index (χ1v) is 14.3. The van der Waals surface area contributed by atoms with Crippen LogP contribution in [-0.2, 0) is 0 Å². The van der Waals surface area contributed by atoms with Crippen LogP contribution in [0.4, 0.5) is 19.0 Å². The maximum Gasteiger partial charge on any atom is 0.319 e. The Morgan fingerprint density at radius 3 is 2.74 bits per heavy atom. The Kier molecular flexibility index (Phi) is 9.45. The van der Waals surface area contributed by atoms with Crippen LogP contribution in [-0.4, -0.2) is 59.7 Å². The number of hydrogen-bond donors (Lipinski definition) is 2. The molecule has 5 rings (SSSR count). The van der Waals surface area contributed by atoms with E-state index in [9.17, 15) is 8.78 Å². The molecule has 4 heterocycles. The third-order valence-corrected chi connectivity index (χ3v) is 8.59. The van der Waals surface area contributed by atoms with Gasteiger partial charge in [0.15, 0.2) is 5.82 Å². The number of allylic oxidation sites excluding steroid dienone is 1. The number of rotatable bonds is 4. The molecule has 1 unspecified atom stereocenters. The van der Waals surface area contributed by atoms with E-state index in [0.717, 1.165) is 37.9 Å². The van der Waals surface area contributed by atoms with Crippen molar-refractivity contribution in [3.8, 4) is 6.01 Å². The molecular formula is C29H39ClF3N5O. The fourth-order valence-electron chi connectivity index (χ4n) is 5.98. The second-order valence-corrected chi connectivity index (χ2v) is 10.9. The molecule has 2 aromatic rings. The van der Waals surface area contributed by atoms with Crippen molar-refractivity contribution in [1.82, 2.24) is 20.2 Å².